The molecule has 0 radical (unpaired) electrons. The lowest BCUT2D eigenvalue weighted by atomic mass is 9.74. The van der Waals surface area contributed by atoms with Crippen molar-refractivity contribution in [2.45, 2.75) is 37.1 Å². The van der Waals surface area contributed by atoms with E-state index in [9.17, 15) is 0 Å². The minimum Gasteiger partial charge on any atom is -0.378 e. The molecule has 1 aliphatic carbocycles. The first-order valence-electron chi connectivity index (χ1n) is 6.76. The van der Waals surface area contributed by atoms with Gasteiger partial charge in [-0.2, -0.15) is 0 Å². The Morgan fingerprint density at radius 2 is 1.88 bits per heavy atom. The lowest BCUT2D eigenvalue weighted by Gasteiger charge is -2.43. The maximum atomic E-state index is 5.64. The maximum Gasteiger partial charge on any atom is 0.0648 e. The van der Waals surface area contributed by atoms with Crippen LogP contribution in [-0.4, -0.2) is 25.3 Å². The van der Waals surface area contributed by atoms with Crippen LogP contribution in [0, 0.1) is 0 Å². The first-order valence-corrected chi connectivity index (χ1v) is 6.76. The van der Waals surface area contributed by atoms with Crippen molar-refractivity contribution >= 4 is 0 Å². The molecule has 17 heavy (non-hydrogen) atoms. The molecular weight excluding hydrogens is 210 g/mol. The third-order valence-electron chi connectivity index (χ3n) is 4.34. The molecule has 1 aliphatic heterocycles. The molecule has 1 N–H and O–H groups in total. The van der Waals surface area contributed by atoms with Gasteiger partial charge in [0, 0.05) is 12.1 Å². The lowest BCUT2D eigenvalue weighted by molar-refractivity contribution is 0.00694. The molecule has 0 bridgehead atoms. The van der Waals surface area contributed by atoms with Crippen molar-refractivity contribution in [3.63, 3.8) is 0 Å². The number of nitrogens with one attached hydrogen (secondary N) is 1. The molecule has 3 rings (SSSR count). The van der Waals surface area contributed by atoms with Crippen LogP contribution in [0.3, 0.4) is 0 Å². The second-order valence-corrected chi connectivity index (χ2v) is 5.44. The zero-order chi connectivity index (χ0) is 11.6. The summed E-state index contributed by atoms with van der Waals surface area (Å²) in [6.45, 7) is 2.81. The summed E-state index contributed by atoms with van der Waals surface area (Å²) in [4.78, 5) is 0. The Hall–Kier alpha value is -0.860. The molecule has 1 aromatic carbocycles. The summed E-state index contributed by atoms with van der Waals surface area (Å²) in [6.07, 6.45) is 5.10. The molecule has 1 aromatic rings. The predicted molar refractivity (Wildman–Crippen MR) is 69.2 cm³/mol. The van der Waals surface area contributed by atoms with Crippen LogP contribution < -0.4 is 5.32 Å². The molecule has 1 spiro atoms. The summed E-state index contributed by atoms with van der Waals surface area (Å²) in [7, 11) is 0. The summed E-state index contributed by atoms with van der Waals surface area (Å²) in [6, 6.07) is 11.0. The van der Waals surface area contributed by atoms with Crippen LogP contribution in [0.2, 0.25) is 0 Å². The van der Waals surface area contributed by atoms with E-state index in [1.807, 2.05) is 0 Å². The Kier molecular flexibility index (Phi) is 3.17. The van der Waals surface area contributed by atoms with Crippen molar-refractivity contribution in [1.29, 1.82) is 0 Å². The molecule has 1 heterocycles. The first-order chi connectivity index (χ1) is 8.38. The van der Waals surface area contributed by atoms with E-state index in [-0.39, 0.29) is 0 Å². The highest BCUT2D eigenvalue weighted by Crippen LogP contribution is 2.38. The van der Waals surface area contributed by atoms with Gasteiger partial charge in [0.15, 0.2) is 0 Å². The van der Waals surface area contributed by atoms with Gasteiger partial charge in [-0.05, 0) is 37.2 Å². The summed E-state index contributed by atoms with van der Waals surface area (Å²) in [5.41, 5.74) is 1.81. The molecule has 2 aliphatic rings. The van der Waals surface area contributed by atoms with Gasteiger partial charge in [-0.25, -0.2) is 0 Å². The standard InChI is InChI=1S/C15H21NO/c1-2-4-13(5-3-1)14-6-8-15(9-7-14)12-17-11-10-16-15/h1-5,14,16H,6-12H2. The zero-order valence-corrected chi connectivity index (χ0v) is 10.3. The Morgan fingerprint density at radius 1 is 1.12 bits per heavy atom. The molecule has 0 atom stereocenters. The first kappa shape index (κ1) is 11.2. The minimum atomic E-state index is 0.295. The van der Waals surface area contributed by atoms with E-state index in [0.29, 0.717) is 5.54 Å². The highest BCUT2D eigenvalue weighted by atomic mass is 16.5. The van der Waals surface area contributed by atoms with Gasteiger partial charge < -0.3 is 10.1 Å². The van der Waals surface area contributed by atoms with Gasteiger partial charge in [0.25, 0.3) is 0 Å². The Morgan fingerprint density at radius 3 is 2.53 bits per heavy atom. The smallest absolute Gasteiger partial charge is 0.0648 e. The highest BCUT2D eigenvalue weighted by Gasteiger charge is 2.36. The topological polar surface area (TPSA) is 21.3 Å². The van der Waals surface area contributed by atoms with Crippen molar-refractivity contribution in [1.82, 2.24) is 5.32 Å². The Labute approximate surface area is 103 Å². The normalized spacial score (nSPS) is 33.8. The lowest BCUT2D eigenvalue weighted by Crippen LogP contribution is -2.55. The second kappa shape index (κ2) is 4.79. The molecule has 1 saturated heterocycles. The van der Waals surface area contributed by atoms with Gasteiger partial charge >= 0.3 is 0 Å². The largest absolute Gasteiger partial charge is 0.378 e. The van der Waals surface area contributed by atoms with E-state index in [1.165, 1.54) is 31.2 Å². The third kappa shape index (κ3) is 2.38. The van der Waals surface area contributed by atoms with Gasteiger partial charge in [-0.15, -0.1) is 0 Å². The number of hydrogen-bond donors (Lipinski definition) is 1. The number of ether oxygens (including phenoxy) is 1. The predicted octanol–water partition coefficient (Wildman–Crippen LogP) is 2.70. The van der Waals surface area contributed by atoms with Crippen molar-refractivity contribution in [2.75, 3.05) is 19.8 Å². The van der Waals surface area contributed by atoms with E-state index in [4.69, 9.17) is 4.74 Å². The molecule has 0 amide bonds. The monoisotopic (exact) mass is 231 g/mol. The average molecular weight is 231 g/mol. The molecule has 92 valence electrons. The van der Waals surface area contributed by atoms with Crippen LogP contribution >= 0.6 is 0 Å². The molecule has 2 heteroatoms. The molecule has 1 saturated carbocycles. The van der Waals surface area contributed by atoms with Gasteiger partial charge in [0.05, 0.1) is 13.2 Å². The van der Waals surface area contributed by atoms with E-state index in [2.05, 4.69) is 35.6 Å². The van der Waals surface area contributed by atoms with Crippen LogP contribution in [0.15, 0.2) is 30.3 Å². The molecule has 0 unspecified atom stereocenters. The van der Waals surface area contributed by atoms with Crippen molar-refractivity contribution < 1.29 is 4.74 Å². The van der Waals surface area contributed by atoms with Crippen LogP contribution in [0.5, 0.6) is 0 Å². The second-order valence-electron chi connectivity index (χ2n) is 5.44. The maximum absolute atomic E-state index is 5.64. The zero-order valence-electron chi connectivity index (χ0n) is 10.3. The average Bonchev–Trinajstić information content (AvgIpc) is 2.42. The van der Waals surface area contributed by atoms with Gasteiger partial charge in [0.1, 0.15) is 0 Å². The summed E-state index contributed by atoms with van der Waals surface area (Å²) in [5.74, 6) is 0.755. The van der Waals surface area contributed by atoms with Gasteiger partial charge in [0.2, 0.25) is 0 Å². The minimum absolute atomic E-state index is 0.295. The molecule has 0 aromatic heterocycles. The van der Waals surface area contributed by atoms with Crippen LogP contribution in [0.1, 0.15) is 37.2 Å². The van der Waals surface area contributed by atoms with E-state index < -0.39 is 0 Å². The van der Waals surface area contributed by atoms with E-state index in [0.717, 1.165) is 25.7 Å². The number of hydrogen-bond acceptors (Lipinski definition) is 2. The van der Waals surface area contributed by atoms with Crippen LogP contribution in [0.25, 0.3) is 0 Å². The van der Waals surface area contributed by atoms with Gasteiger partial charge in [-0.1, -0.05) is 30.3 Å². The van der Waals surface area contributed by atoms with Crippen LogP contribution in [0.4, 0.5) is 0 Å². The van der Waals surface area contributed by atoms with Crippen molar-refractivity contribution in [3.05, 3.63) is 35.9 Å². The van der Waals surface area contributed by atoms with Crippen molar-refractivity contribution in [2.24, 2.45) is 0 Å². The van der Waals surface area contributed by atoms with Crippen molar-refractivity contribution in [3.8, 4) is 0 Å². The fraction of sp³-hybridized carbons (Fsp3) is 0.600. The Balaban J connectivity index is 1.64. The van der Waals surface area contributed by atoms with Crippen LogP contribution in [-0.2, 0) is 4.74 Å². The highest BCUT2D eigenvalue weighted by molar-refractivity contribution is 5.20. The summed E-state index contributed by atoms with van der Waals surface area (Å²) in [5, 5.41) is 3.68. The SMILES string of the molecule is c1ccc(C2CCC3(CC2)COCCN3)cc1. The van der Waals surface area contributed by atoms with E-state index >= 15 is 0 Å². The fourth-order valence-electron chi connectivity index (χ4n) is 3.26. The van der Waals surface area contributed by atoms with Gasteiger partial charge in [-0.3, -0.25) is 0 Å². The number of rotatable bonds is 1. The Bertz CT molecular complexity index is 346. The fourth-order valence-corrected chi connectivity index (χ4v) is 3.26. The molecular formula is C15H21NO. The van der Waals surface area contributed by atoms with E-state index in [1.54, 1.807) is 0 Å². The number of morpholine rings is 1. The third-order valence-corrected chi connectivity index (χ3v) is 4.34. The quantitative estimate of drug-likeness (QED) is 0.802. The number of benzene rings is 1. The molecule has 2 nitrogen and oxygen atoms in total. The summed E-state index contributed by atoms with van der Waals surface area (Å²) >= 11 is 0. The summed E-state index contributed by atoms with van der Waals surface area (Å²) < 4.78 is 5.64. The molecule has 2 fully saturated rings.